The summed E-state index contributed by atoms with van der Waals surface area (Å²) in [6.07, 6.45) is 0.394. The van der Waals surface area contributed by atoms with E-state index in [0.717, 1.165) is 44.0 Å². The van der Waals surface area contributed by atoms with Crippen LogP contribution in [0.3, 0.4) is 0 Å². The lowest BCUT2D eigenvalue weighted by molar-refractivity contribution is -0.900. The molecule has 3 rings (SSSR count). The van der Waals surface area contributed by atoms with Gasteiger partial charge in [0.05, 0.1) is 13.2 Å². The predicted octanol–water partition coefficient (Wildman–Crippen LogP) is -1.76. The number of hydrogen-bond donors (Lipinski definition) is 2. The Kier molecular flexibility index (Phi) is 7.49. The van der Waals surface area contributed by atoms with Gasteiger partial charge in [-0.15, -0.1) is 0 Å². The molecule has 1 heterocycles. The molecule has 2 aromatic rings. The first-order valence-corrected chi connectivity index (χ1v) is 8.49. The van der Waals surface area contributed by atoms with Crippen molar-refractivity contribution in [2.75, 3.05) is 32.8 Å². The Morgan fingerprint density at radius 1 is 0.880 bits per heavy atom. The zero-order chi connectivity index (χ0) is 16.7. The van der Waals surface area contributed by atoms with Crippen molar-refractivity contribution < 1.29 is 27.2 Å². The molecule has 2 N–H and O–H groups in total. The molecule has 0 unspecified atom stereocenters. The maximum atomic E-state index is 11.4. The van der Waals surface area contributed by atoms with E-state index in [1.165, 1.54) is 4.90 Å². The van der Waals surface area contributed by atoms with E-state index in [-0.39, 0.29) is 12.4 Å². The number of ether oxygens (including phenoxy) is 1. The summed E-state index contributed by atoms with van der Waals surface area (Å²) in [6, 6.07) is 19.6. The van der Waals surface area contributed by atoms with Crippen molar-refractivity contribution in [2.45, 2.75) is 12.0 Å². The Morgan fingerprint density at radius 3 is 1.92 bits per heavy atom. The predicted molar refractivity (Wildman–Crippen MR) is 94.7 cm³/mol. The summed E-state index contributed by atoms with van der Waals surface area (Å²) >= 11 is 0. The third-order valence-electron chi connectivity index (χ3n) is 4.51. The van der Waals surface area contributed by atoms with Crippen LogP contribution in [0.15, 0.2) is 60.7 Å². The molecular weight excluding hydrogens is 334 g/mol. The molecule has 1 saturated heterocycles. The highest BCUT2D eigenvalue weighted by molar-refractivity contribution is 5.37. The molecule has 0 saturated carbocycles. The highest BCUT2D eigenvalue weighted by atomic mass is 35.5. The number of morpholine rings is 1. The maximum absolute atomic E-state index is 11.4. The molecule has 3 nitrogen and oxygen atoms in total. The summed E-state index contributed by atoms with van der Waals surface area (Å²) in [5.74, 6) is 6.46. The van der Waals surface area contributed by atoms with Gasteiger partial charge in [0.25, 0.3) is 0 Å². The molecule has 132 valence electrons. The van der Waals surface area contributed by atoms with Crippen molar-refractivity contribution >= 4 is 0 Å². The van der Waals surface area contributed by atoms with Crippen LogP contribution in [0.5, 0.6) is 0 Å². The van der Waals surface area contributed by atoms with Crippen LogP contribution >= 0.6 is 0 Å². The van der Waals surface area contributed by atoms with Gasteiger partial charge in [0.1, 0.15) is 25.2 Å². The lowest BCUT2D eigenvalue weighted by atomic mass is 9.84. The van der Waals surface area contributed by atoms with E-state index in [1.807, 2.05) is 60.7 Å². The molecule has 1 fully saturated rings. The second-order valence-corrected chi connectivity index (χ2v) is 6.16. The van der Waals surface area contributed by atoms with Crippen LogP contribution in [0.4, 0.5) is 0 Å². The minimum atomic E-state index is -1.07. The Bertz CT molecular complexity index is 649. The van der Waals surface area contributed by atoms with E-state index < -0.39 is 5.60 Å². The molecule has 0 amide bonds. The molecule has 25 heavy (non-hydrogen) atoms. The van der Waals surface area contributed by atoms with Crippen LogP contribution in [0.25, 0.3) is 0 Å². The second kappa shape index (κ2) is 9.60. The minimum Gasteiger partial charge on any atom is -1.00 e. The van der Waals surface area contributed by atoms with Crippen molar-refractivity contribution in [3.63, 3.8) is 0 Å². The first-order chi connectivity index (χ1) is 11.8. The standard InChI is InChI=1S/C21H23NO2.ClH/c23-21(19-9-3-1-4-10-19,20-11-5-2-6-12-20)13-7-8-14-22-15-17-24-18-16-22;/h1-6,9-12,23H,13-18H2;1H. The number of aliphatic hydroxyl groups is 1. The zero-order valence-corrected chi connectivity index (χ0v) is 15.0. The lowest BCUT2D eigenvalue weighted by Crippen LogP contribution is -3.14. The third-order valence-corrected chi connectivity index (χ3v) is 4.51. The molecule has 1 aliphatic rings. The largest absolute Gasteiger partial charge is 1.00 e. The number of quaternary nitrogens is 1. The first kappa shape index (κ1) is 19.5. The van der Waals surface area contributed by atoms with Crippen LogP contribution in [0, 0.1) is 11.8 Å². The van der Waals surface area contributed by atoms with Crippen molar-refractivity contribution in [1.82, 2.24) is 0 Å². The van der Waals surface area contributed by atoms with E-state index in [0.29, 0.717) is 6.42 Å². The minimum absolute atomic E-state index is 0. The van der Waals surface area contributed by atoms with Gasteiger partial charge >= 0.3 is 0 Å². The fourth-order valence-corrected chi connectivity index (χ4v) is 3.01. The maximum Gasteiger partial charge on any atom is 0.139 e. The summed E-state index contributed by atoms with van der Waals surface area (Å²) in [4.78, 5) is 1.46. The number of hydrogen-bond acceptors (Lipinski definition) is 2. The van der Waals surface area contributed by atoms with Crippen molar-refractivity contribution in [1.29, 1.82) is 0 Å². The summed E-state index contributed by atoms with van der Waals surface area (Å²) in [6.45, 7) is 4.46. The molecule has 4 heteroatoms. The molecule has 0 atom stereocenters. The average Bonchev–Trinajstić information content (AvgIpc) is 2.67. The average molecular weight is 358 g/mol. The van der Waals surface area contributed by atoms with Gasteiger partial charge in [-0.25, -0.2) is 0 Å². The fourth-order valence-electron chi connectivity index (χ4n) is 3.01. The Hall–Kier alpha value is -1.83. The molecule has 0 bridgehead atoms. The molecule has 2 aromatic carbocycles. The van der Waals surface area contributed by atoms with Crippen LogP contribution in [0.1, 0.15) is 17.5 Å². The topological polar surface area (TPSA) is 33.9 Å². The molecule has 0 aliphatic carbocycles. The van der Waals surface area contributed by atoms with Crippen molar-refractivity contribution in [3.05, 3.63) is 71.8 Å². The van der Waals surface area contributed by atoms with Gasteiger partial charge in [-0.3, -0.25) is 0 Å². The smallest absolute Gasteiger partial charge is 0.139 e. The Balaban J connectivity index is 0.00000225. The van der Waals surface area contributed by atoms with Crippen molar-refractivity contribution in [2.24, 2.45) is 0 Å². The Morgan fingerprint density at radius 2 is 1.40 bits per heavy atom. The number of nitrogens with one attached hydrogen (secondary N) is 1. The van der Waals surface area contributed by atoms with Crippen LogP contribution in [0.2, 0.25) is 0 Å². The lowest BCUT2D eigenvalue weighted by Gasteiger charge is -2.27. The van der Waals surface area contributed by atoms with Gasteiger partial charge in [0, 0.05) is 6.42 Å². The van der Waals surface area contributed by atoms with Crippen LogP contribution in [-0.2, 0) is 10.3 Å². The van der Waals surface area contributed by atoms with E-state index in [4.69, 9.17) is 4.74 Å². The highest BCUT2D eigenvalue weighted by Crippen LogP contribution is 2.32. The van der Waals surface area contributed by atoms with Crippen LogP contribution in [-0.4, -0.2) is 38.0 Å². The quantitative estimate of drug-likeness (QED) is 0.635. The zero-order valence-electron chi connectivity index (χ0n) is 14.2. The first-order valence-electron chi connectivity index (χ1n) is 8.49. The van der Waals surface area contributed by atoms with Crippen LogP contribution < -0.4 is 17.3 Å². The van der Waals surface area contributed by atoms with Gasteiger partial charge < -0.3 is 27.2 Å². The number of rotatable bonds is 4. The Labute approximate surface area is 156 Å². The summed E-state index contributed by atoms with van der Waals surface area (Å²) < 4.78 is 5.37. The summed E-state index contributed by atoms with van der Waals surface area (Å²) in [5.41, 5.74) is 0.684. The molecule has 0 radical (unpaired) electrons. The highest BCUT2D eigenvalue weighted by Gasteiger charge is 2.30. The fraction of sp³-hybridized carbons (Fsp3) is 0.333. The molecule has 1 aliphatic heterocycles. The molecule has 0 spiro atoms. The summed E-state index contributed by atoms with van der Waals surface area (Å²) in [7, 11) is 0. The second-order valence-electron chi connectivity index (χ2n) is 6.16. The van der Waals surface area contributed by atoms with Gasteiger partial charge in [-0.05, 0) is 17.0 Å². The summed E-state index contributed by atoms with van der Waals surface area (Å²) in [5, 5.41) is 11.4. The van der Waals surface area contributed by atoms with Gasteiger partial charge in [0.2, 0.25) is 0 Å². The monoisotopic (exact) mass is 357 g/mol. The van der Waals surface area contributed by atoms with Gasteiger partial charge in [-0.1, -0.05) is 66.6 Å². The number of benzene rings is 2. The van der Waals surface area contributed by atoms with Gasteiger partial charge in [0.15, 0.2) is 0 Å². The third kappa shape index (κ3) is 5.07. The van der Waals surface area contributed by atoms with Gasteiger partial charge in [-0.2, -0.15) is 0 Å². The van der Waals surface area contributed by atoms with E-state index in [9.17, 15) is 5.11 Å². The normalized spacial score (nSPS) is 14.9. The van der Waals surface area contributed by atoms with E-state index in [1.54, 1.807) is 0 Å². The molecular formula is C21H24ClNO2. The number of halogens is 1. The molecule has 0 aromatic heterocycles. The van der Waals surface area contributed by atoms with E-state index >= 15 is 0 Å². The van der Waals surface area contributed by atoms with Crippen molar-refractivity contribution in [3.8, 4) is 11.8 Å². The SMILES string of the molecule is OC(CC#CC[NH+]1CCOCC1)(c1ccccc1)c1ccccc1.[Cl-]. The van der Waals surface area contributed by atoms with E-state index in [2.05, 4.69) is 11.8 Å².